The second kappa shape index (κ2) is 10.4. The molecule has 1 aliphatic heterocycles. The molecule has 2 N–H and O–H groups in total. The van der Waals surface area contributed by atoms with E-state index in [0.29, 0.717) is 0 Å². The van der Waals surface area contributed by atoms with Gasteiger partial charge in [0, 0.05) is 35.8 Å². The summed E-state index contributed by atoms with van der Waals surface area (Å²) in [5, 5.41) is 4.83. The van der Waals surface area contributed by atoms with Gasteiger partial charge in [-0.1, -0.05) is 39.7 Å². The third kappa shape index (κ3) is 5.52. The van der Waals surface area contributed by atoms with Crippen LogP contribution in [0.25, 0.3) is 33.3 Å². The van der Waals surface area contributed by atoms with Crippen LogP contribution < -0.4 is 5.32 Å². The molecule has 4 aromatic rings. The van der Waals surface area contributed by atoms with Gasteiger partial charge < -0.3 is 19.8 Å². The fourth-order valence-corrected chi connectivity index (χ4v) is 5.67. The number of H-pyrrole nitrogens is 1. The molecule has 1 fully saturated rings. The normalized spacial score (nSPS) is 15.5. The van der Waals surface area contributed by atoms with Crippen molar-refractivity contribution < 1.29 is 0 Å². The zero-order chi connectivity index (χ0) is 25.3. The van der Waals surface area contributed by atoms with Crippen molar-refractivity contribution in [3.05, 3.63) is 53.7 Å². The van der Waals surface area contributed by atoms with Crippen molar-refractivity contribution in [2.45, 2.75) is 71.4 Å². The minimum Gasteiger partial charge on any atom is -0.347 e. The Kier molecular flexibility index (Phi) is 7.23. The van der Waals surface area contributed by atoms with Gasteiger partial charge in [0.15, 0.2) is 0 Å². The Labute approximate surface area is 216 Å². The Morgan fingerprint density at radius 3 is 2.58 bits per heavy atom. The molecular weight excluding hydrogens is 442 g/mol. The van der Waals surface area contributed by atoms with Crippen LogP contribution in [0.2, 0.25) is 0 Å². The van der Waals surface area contributed by atoms with Crippen LogP contribution in [0.3, 0.4) is 0 Å². The van der Waals surface area contributed by atoms with E-state index in [1.807, 2.05) is 0 Å². The van der Waals surface area contributed by atoms with Crippen molar-refractivity contribution in [2.75, 3.05) is 27.2 Å². The van der Waals surface area contributed by atoms with Gasteiger partial charge >= 0.3 is 0 Å². The molecule has 1 saturated heterocycles. The Hall–Kier alpha value is -2.63. The van der Waals surface area contributed by atoms with Gasteiger partial charge in [0.05, 0.1) is 11.0 Å². The van der Waals surface area contributed by atoms with Gasteiger partial charge in [-0.15, -0.1) is 0 Å². The van der Waals surface area contributed by atoms with Crippen molar-refractivity contribution >= 4 is 21.9 Å². The first-order valence-corrected chi connectivity index (χ1v) is 13.8. The van der Waals surface area contributed by atoms with Crippen molar-refractivity contribution in [2.24, 2.45) is 5.92 Å². The van der Waals surface area contributed by atoms with Crippen LogP contribution in [0.5, 0.6) is 0 Å². The molecule has 5 heteroatoms. The quantitative estimate of drug-likeness (QED) is 0.273. The molecule has 0 atom stereocenters. The van der Waals surface area contributed by atoms with E-state index in [1.165, 1.54) is 67.2 Å². The minimum absolute atomic E-state index is 0.121. The van der Waals surface area contributed by atoms with Crippen molar-refractivity contribution in [3.63, 3.8) is 0 Å². The maximum Gasteiger partial charge on any atom is 0.138 e. The van der Waals surface area contributed by atoms with Crippen molar-refractivity contribution in [1.82, 2.24) is 24.8 Å². The van der Waals surface area contributed by atoms with Gasteiger partial charge in [-0.3, -0.25) is 0 Å². The molecule has 5 nitrogen and oxygen atoms in total. The van der Waals surface area contributed by atoms with Gasteiger partial charge in [-0.2, -0.15) is 0 Å². The number of fused-ring (bicyclic) bond motifs is 2. The second-order valence-electron chi connectivity index (χ2n) is 12.1. The number of nitrogens with zero attached hydrogens (tertiary/aromatic N) is 3. The van der Waals surface area contributed by atoms with E-state index in [1.54, 1.807) is 0 Å². The highest BCUT2D eigenvalue weighted by Gasteiger charge is 2.17. The number of hydrogen-bond acceptors (Lipinski definition) is 3. The third-order valence-electron chi connectivity index (χ3n) is 7.79. The highest BCUT2D eigenvalue weighted by Crippen LogP contribution is 2.31. The molecule has 0 amide bonds. The summed E-state index contributed by atoms with van der Waals surface area (Å²) in [5.74, 6) is 1.87. The highest BCUT2D eigenvalue weighted by atomic mass is 15.1. The molecule has 0 radical (unpaired) electrons. The lowest BCUT2D eigenvalue weighted by Crippen LogP contribution is -2.27. The summed E-state index contributed by atoms with van der Waals surface area (Å²) in [7, 11) is 4.30. The number of nitrogens with one attached hydrogen (secondary N) is 2. The molecule has 1 aliphatic rings. The number of aromatic amines is 1. The molecule has 3 heterocycles. The summed E-state index contributed by atoms with van der Waals surface area (Å²) in [6.45, 7) is 11.2. The van der Waals surface area contributed by atoms with Crippen LogP contribution in [0.4, 0.5) is 0 Å². The van der Waals surface area contributed by atoms with Gasteiger partial charge in [-0.05, 0) is 99.2 Å². The molecule has 0 unspecified atom stereocenters. The molecule has 2 aromatic heterocycles. The summed E-state index contributed by atoms with van der Waals surface area (Å²) in [6.07, 6.45) is 9.02. The molecule has 192 valence electrons. The number of aromatic nitrogens is 3. The molecule has 5 rings (SSSR count). The first-order valence-electron chi connectivity index (χ1n) is 13.8. The lowest BCUT2D eigenvalue weighted by atomic mass is 9.87. The molecular formula is C31H43N5. The molecule has 36 heavy (non-hydrogen) atoms. The van der Waals surface area contributed by atoms with E-state index >= 15 is 0 Å². The Morgan fingerprint density at radius 1 is 1.03 bits per heavy atom. The fourth-order valence-electron chi connectivity index (χ4n) is 5.67. The third-order valence-corrected chi connectivity index (χ3v) is 7.79. The number of hydrogen-bond donors (Lipinski definition) is 2. The number of benzene rings is 2. The smallest absolute Gasteiger partial charge is 0.138 e. The monoisotopic (exact) mass is 485 g/mol. The standard InChI is InChI=1S/C31H43N5/c1-31(2,3)25-10-11-27-28(19-25)34-30(33-27)23-9-12-29-26(18-23)24(20-35(4)5)21-36(29)17-7-6-8-22-13-15-32-16-14-22/h9-12,18-19,21-22,32H,6-8,13-17,20H2,1-5H3,(H,33,34). The average Bonchev–Trinajstić information content (AvgIpc) is 3.42. The maximum absolute atomic E-state index is 4.94. The van der Waals surface area contributed by atoms with E-state index in [2.05, 4.69) is 97.2 Å². The van der Waals surface area contributed by atoms with Crippen LogP contribution in [0.1, 0.15) is 64.0 Å². The topological polar surface area (TPSA) is 48.9 Å². The van der Waals surface area contributed by atoms with Gasteiger partial charge in [0.1, 0.15) is 5.82 Å². The molecule has 0 saturated carbocycles. The van der Waals surface area contributed by atoms with E-state index in [-0.39, 0.29) is 5.41 Å². The number of rotatable bonds is 8. The maximum atomic E-state index is 4.94. The van der Waals surface area contributed by atoms with E-state index < -0.39 is 0 Å². The minimum atomic E-state index is 0.121. The lowest BCUT2D eigenvalue weighted by Gasteiger charge is -2.22. The van der Waals surface area contributed by atoms with Crippen molar-refractivity contribution in [1.29, 1.82) is 0 Å². The predicted molar refractivity (Wildman–Crippen MR) is 153 cm³/mol. The SMILES string of the molecule is CN(C)Cc1cn(CCCCC2CCNCC2)c2ccc(-c3nc4ccc(C(C)(C)C)cc4[nH]3)cc12. The molecule has 0 aliphatic carbocycles. The number of piperidine rings is 1. The largest absolute Gasteiger partial charge is 0.347 e. The molecule has 2 aromatic carbocycles. The number of aryl methyl sites for hydroxylation is 1. The predicted octanol–water partition coefficient (Wildman–Crippen LogP) is 6.71. The van der Waals surface area contributed by atoms with Crippen LogP contribution >= 0.6 is 0 Å². The first kappa shape index (κ1) is 25.0. The second-order valence-corrected chi connectivity index (χ2v) is 12.1. The van der Waals surface area contributed by atoms with Gasteiger partial charge in [0.2, 0.25) is 0 Å². The van der Waals surface area contributed by atoms with Crippen LogP contribution in [-0.2, 0) is 18.5 Å². The van der Waals surface area contributed by atoms with Crippen LogP contribution in [0, 0.1) is 5.92 Å². The average molecular weight is 486 g/mol. The van der Waals surface area contributed by atoms with E-state index in [9.17, 15) is 0 Å². The summed E-state index contributed by atoms with van der Waals surface area (Å²) in [4.78, 5) is 10.8. The molecule has 0 bridgehead atoms. The fraction of sp³-hybridized carbons (Fsp3) is 0.516. The van der Waals surface area contributed by atoms with E-state index in [4.69, 9.17) is 4.98 Å². The first-order chi connectivity index (χ1) is 17.3. The number of imidazole rings is 1. The Balaban J connectivity index is 1.39. The van der Waals surface area contributed by atoms with Crippen molar-refractivity contribution in [3.8, 4) is 11.4 Å². The molecule has 0 spiro atoms. The Morgan fingerprint density at radius 2 is 1.83 bits per heavy atom. The summed E-state index contributed by atoms with van der Waals surface area (Å²) < 4.78 is 2.48. The zero-order valence-electron chi connectivity index (χ0n) is 22.8. The van der Waals surface area contributed by atoms with Gasteiger partial charge in [0.25, 0.3) is 0 Å². The van der Waals surface area contributed by atoms with Crippen LogP contribution in [0.15, 0.2) is 42.6 Å². The summed E-state index contributed by atoms with van der Waals surface area (Å²) in [5.41, 5.74) is 7.46. The lowest BCUT2D eigenvalue weighted by molar-refractivity contribution is 0.341. The summed E-state index contributed by atoms with van der Waals surface area (Å²) in [6, 6.07) is 13.5. The Bertz CT molecular complexity index is 1310. The summed E-state index contributed by atoms with van der Waals surface area (Å²) >= 11 is 0. The van der Waals surface area contributed by atoms with E-state index in [0.717, 1.165) is 41.4 Å². The zero-order valence-corrected chi connectivity index (χ0v) is 22.8. The van der Waals surface area contributed by atoms with Crippen LogP contribution in [-0.4, -0.2) is 46.6 Å². The highest BCUT2D eigenvalue weighted by molar-refractivity contribution is 5.89. The number of unbranched alkanes of at least 4 members (excludes halogenated alkanes) is 1. The van der Waals surface area contributed by atoms with Gasteiger partial charge in [-0.25, -0.2) is 4.98 Å².